The fourth-order valence-electron chi connectivity index (χ4n) is 2.06. The summed E-state index contributed by atoms with van der Waals surface area (Å²) in [6.45, 7) is 2.25. The maximum Gasteiger partial charge on any atom is 0.247 e. The highest BCUT2D eigenvalue weighted by Gasteiger charge is 2.24. The summed E-state index contributed by atoms with van der Waals surface area (Å²) in [5, 5.41) is 0. The van der Waals surface area contributed by atoms with E-state index < -0.39 is 23.6 Å². The molecule has 1 aliphatic rings. The first-order valence-electron chi connectivity index (χ1n) is 6.13. The summed E-state index contributed by atoms with van der Waals surface area (Å²) in [6.07, 6.45) is 0.00146. The number of carbonyl (C=O) groups is 1. The van der Waals surface area contributed by atoms with Gasteiger partial charge in [-0.25, -0.2) is 8.78 Å². The van der Waals surface area contributed by atoms with Crippen molar-refractivity contribution in [1.29, 1.82) is 0 Å². The first-order chi connectivity index (χ1) is 9.06. The van der Waals surface area contributed by atoms with Crippen molar-refractivity contribution in [1.82, 2.24) is 4.90 Å². The van der Waals surface area contributed by atoms with Gasteiger partial charge in [-0.2, -0.15) is 0 Å². The molecule has 1 fully saturated rings. The summed E-state index contributed by atoms with van der Waals surface area (Å²) in [4.78, 5) is 13.1. The van der Waals surface area contributed by atoms with Crippen LogP contribution in [0.3, 0.4) is 0 Å². The lowest BCUT2D eigenvalue weighted by Crippen LogP contribution is -2.48. The molecule has 2 rings (SSSR count). The molecule has 1 aromatic rings. The molecule has 19 heavy (non-hydrogen) atoms. The second-order valence-electron chi connectivity index (χ2n) is 4.56. The average Bonchev–Trinajstić information content (AvgIpc) is 2.40. The molecule has 1 saturated heterocycles. The lowest BCUT2D eigenvalue weighted by Gasteiger charge is -2.31. The van der Waals surface area contributed by atoms with Gasteiger partial charge in [0.05, 0.1) is 6.61 Å². The number of nitrogens with zero attached hydrogens (tertiary/aromatic N) is 1. The average molecular weight is 270 g/mol. The van der Waals surface area contributed by atoms with Gasteiger partial charge in [-0.05, 0) is 24.1 Å². The van der Waals surface area contributed by atoms with Crippen LogP contribution in [0.5, 0.6) is 0 Å². The van der Waals surface area contributed by atoms with E-state index >= 15 is 0 Å². The number of morpholine rings is 1. The molecule has 1 aromatic carbocycles. The Morgan fingerprint density at radius 2 is 2.21 bits per heavy atom. The first-order valence-corrected chi connectivity index (χ1v) is 6.13. The first kappa shape index (κ1) is 13.9. The Kier molecular flexibility index (Phi) is 4.44. The molecular formula is C13H16F2N2O2. The van der Waals surface area contributed by atoms with Gasteiger partial charge in [-0.15, -0.1) is 0 Å². The van der Waals surface area contributed by atoms with E-state index in [1.807, 2.05) is 4.90 Å². The molecule has 0 bridgehead atoms. The van der Waals surface area contributed by atoms with Crippen molar-refractivity contribution in [3.63, 3.8) is 0 Å². The lowest BCUT2D eigenvalue weighted by atomic mass is 10.1. The minimum Gasteiger partial charge on any atom is -0.367 e. The molecule has 0 radical (unpaired) electrons. The molecular weight excluding hydrogens is 254 g/mol. The Labute approximate surface area is 110 Å². The van der Waals surface area contributed by atoms with Crippen molar-refractivity contribution in [3.8, 4) is 0 Å². The molecule has 104 valence electrons. The van der Waals surface area contributed by atoms with Crippen LogP contribution in [-0.2, 0) is 16.0 Å². The van der Waals surface area contributed by atoms with Crippen LogP contribution in [-0.4, -0.2) is 43.2 Å². The van der Waals surface area contributed by atoms with Crippen LogP contribution >= 0.6 is 0 Å². The van der Waals surface area contributed by atoms with Gasteiger partial charge in [0, 0.05) is 19.6 Å². The quantitative estimate of drug-likeness (QED) is 0.876. The molecule has 0 saturated carbocycles. The second-order valence-corrected chi connectivity index (χ2v) is 4.56. The fourth-order valence-corrected chi connectivity index (χ4v) is 2.06. The van der Waals surface area contributed by atoms with Crippen LogP contribution in [0.4, 0.5) is 8.78 Å². The molecule has 0 spiro atoms. The largest absolute Gasteiger partial charge is 0.367 e. The SMILES string of the molecule is NC(=O)C1CN(CCc2ccc(F)c(F)c2)CCO1. The topological polar surface area (TPSA) is 55.6 Å². The summed E-state index contributed by atoms with van der Waals surface area (Å²) in [6, 6.07) is 3.88. The van der Waals surface area contributed by atoms with Crippen molar-refractivity contribution in [2.24, 2.45) is 5.73 Å². The number of rotatable bonds is 4. The van der Waals surface area contributed by atoms with Gasteiger partial charge >= 0.3 is 0 Å². The molecule has 1 heterocycles. The fraction of sp³-hybridized carbons (Fsp3) is 0.462. The number of hydrogen-bond donors (Lipinski definition) is 1. The van der Waals surface area contributed by atoms with Gasteiger partial charge in [0.15, 0.2) is 11.6 Å². The van der Waals surface area contributed by atoms with Gasteiger partial charge in [0.2, 0.25) is 5.91 Å². The Morgan fingerprint density at radius 3 is 2.89 bits per heavy atom. The number of ether oxygens (including phenoxy) is 1. The Balaban J connectivity index is 1.87. The Hall–Kier alpha value is -1.53. The van der Waals surface area contributed by atoms with Crippen molar-refractivity contribution < 1.29 is 18.3 Å². The summed E-state index contributed by atoms with van der Waals surface area (Å²) < 4.78 is 31.1. The number of nitrogens with two attached hydrogens (primary N) is 1. The molecule has 0 aromatic heterocycles. The van der Waals surface area contributed by atoms with E-state index in [1.165, 1.54) is 6.07 Å². The summed E-state index contributed by atoms with van der Waals surface area (Å²) in [7, 11) is 0. The highest BCUT2D eigenvalue weighted by atomic mass is 19.2. The van der Waals surface area contributed by atoms with Crippen molar-refractivity contribution in [2.75, 3.05) is 26.2 Å². The van der Waals surface area contributed by atoms with E-state index in [0.717, 1.165) is 11.6 Å². The van der Waals surface area contributed by atoms with Crippen molar-refractivity contribution >= 4 is 5.91 Å². The number of primary amides is 1. The Morgan fingerprint density at radius 1 is 1.42 bits per heavy atom. The maximum atomic E-state index is 13.0. The van der Waals surface area contributed by atoms with Crippen molar-refractivity contribution in [2.45, 2.75) is 12.5 Å². The summed E-state index contributed by atoms with van der Waals surface area (Å²) in [5.41, 5.74) is 5.91. The predicted octanol–water partition coefficient (Wildman–Crippen LogP) is 0.693. The third kappa shape index (κ3) is 3.71. The van der Waals surface area contributed by atoms with Crippen LogP contribution in [0, 0.1) is 11.6 Å². The van der Waals surface area contributed by atoms with E-state index in [4.69, 9.17) is 10.5 Å². The monoisotopic (exact) mass is 270 g/mol. The van der Waals surface area contributed by atoms with Crippen LogP contribution < -0.4 is 5.73 Å². The van der Waals surface area contributed by atoms with Crippen LogP contribution in [0.2, 0.25) is 0 Å². The molecule has 1 unspecified atom stereocenters. The number of hydrogen-bond acceptors (Lipinski definition) is 3. The molecule has 1 aliphatic heterocycles. The van der Waals surface area contributed by atoms with Gasteiger partial charge in [0.1, 0.15) is 6.10 Å². The number of halogens is 2. The summed E-state index contributed by atoms with van der Waals surface area (Å²) >= 11 is 0. The van der Waals surface area contributed by atoms with E-state index in [-0.39, 0.29) is 0 Å². The molecule has 4 nitrogen and oxygen atoms in total. The molecule has 1 amide bonds. The van der Waals surface area contributed by atoms with Crippen LogP contribution in [0.1, 0.15) is 5.56 Å². The standard InChI is InChI=1S/C13H16F2N2O2/c14-10-2-1-9(7-11(10)15)3-4-17-5-6-19-12(8-17)13(16)18/h1-2,7,12H,3-6,8H2,(H2,16,18). The number of amides is 1. The van der Waals surface area contributed by atoms with Crippen molar-refractivity contribution in [3.05, 3.63) is 35.4 Å². The zero-order valence-electron chi connectivity index (χ0n) is 10.4. The van der Waals surface area contributed by atoms with Gasteiger partial charge < -0.3 is 10.5 Å². The van der Waals surface area contributed by atoms with E-state index in [1.54, 1.807) is 6.07 Å². The van der Waals surface area contributed by atoms with E-state index in [9.17, 15) is 13.6 Å². The highest BCUT2D eigenvalue weighted by Crippen LogP contribution is 2.11. The van der Waals surface area contributed by atoms with Gasteiger partial charge in [-0.1, -0.05) is 6.07 Å². The predicted molar refractivity (Wildman–Crippen MR) is 65.4 cm³/mol. The van der Waals surface area contributed by atoms with E-state index in [0.29, 0.717) is 32.7 Å². The van der Waals surface area contributed by atoms with Crippen LogP contribution in [0.15, 0.2) is 18.2 Å². The number of benzene rings is 1. The zero-order valence-corrected chi connectivity index (χ0v) is 10.4. The molecule has 2 N–H and O–H groups in total. The van der Waals surface area contributed by atoms with Gasteiger partial charge in [-0.3, -0.25) is 9.69 Å². The third-order valence-corrected chi connectivity index (χ3v) is 3.17. The van der Waals surface area contributed by atoms with E-state index in [2.05, 4.69) is 0 Å². The zero-order chi connectivity index (χ0) is 13.8. The minimum atomic E-state index is -0.844. The highest BCUT2D eigenvalue weighted by molar-refractivity contribution is 5.79. The number of carbonyl (C=O) groups excluding carboxylic acids is 1. The minimum absolute atomic E-state index is 0.443. The molecule has 0 aliphatic carbocycles. The second kappa shape index (κ2) is 6.08. The third-order valence-electron chi connectivity index (χ3n) is 3.17. The normalized spacial score (nSPS) is 20.4. The molecule has 6 heteroatoms. The Bertz CT molecular complexity index is 468. The smallest absolute Gasteiger partial charge is 0.247 e. The summed E-state index contributed by atoms with van der Waals surface area (Å²) in [5.74, 6) is -2.16. The van der Waals surface area contributed by atoms with Gasteiger partial charge in [0.25, 0.3) is 0 Å². The maximum absolute atomic E-state index is 13.0. The van der Waals surface area contributed by atoms with Crippen LogP contribution in [0.25, 0.3) is 0 Å². The molecule has 1 atom stereocenters. The lowest BCUT2D eigenvalue weighted by molar-refractivity contribution is -0.135.